The van der Waals surface area contributed by atoms with Gasteiger partial charge in [0.15, 0.2) is 0 Å². The first kappa shape index (κ1) is 15.1. The van der Waals surface area contributed by atoms with Crippen LogP contribution in [0.4, 0.5) is 0 Å². The molecule has 0 aliphatic heterocycles. The molecule has 0 saturated carbocycles. The minimum Gasteiger partial charge on any atom is -0.234 e. The Morgan fingerprint density at radius 2 is 1.85 bits per heavy atom. The summed E-state index contributed by atoms with van der Waals surface area (Å²) in [4.78, 5) is 2.34. The van der Waals surface area contributed by atoms with Gasteiger partial charge in [-0.1, -0.05) is 30.3 Å². The van der Waals surface area contributed by atoms with Crippen LogP contribution in [0.5, 0.6) is 0 Å². The van der Waals surface area contributed by atoms with E-state index in [1.165, 1.54) is 10.4 Å². The predicted molar refractivity (Wildman–Crippen MR) is 89.1 cm³/mol. The minimum atomic E-state index is -1.19. The van der Waals surface area contributed by atoms with E-state index in [1.54, 1.807) is 17.6 Å². The zero-order valence-electron chi connectivity index (χ0n) is 12.0. The molecule has 0 fully saturated rings. The summed E-state index contributed by atoms with van der Waals surface area (Å²) in [5.74, 6) is 0. The summed E-state index contributed by atoms with van der Waals surface area (Å²) in [6, 6.07) is 14.5. The lowest BCUT2D eigenvalue weighted by Crippen LogP contribution is -2.19. The highest BCUT2D eigenvalue weighted by Crippen LogP contribution is 2.19. The van der Waals surface area contributed by atoms with Crippen LogP contribution in [0.1, 0.15) is 36.1 Å². The van der Waals surface area contributed by atoms with Crippen LogP contribution >= 0.6 is 11.3 Å². The molecule has 0 spiro atoms. The normalized spacial score (nSPS) is 13.8. The highest BCUT2D eigenvalue weighted by molar-refractivity contribution is 7.85. The SMILES string of the molecule is CC(C)(C)[S@@](=O)N=Cc1ccc(Cc2ccccc2)s1. The van der Waals surface area contributed by atoms with Crippen molar-refractivity contribution in [3.05, 3.63) is 57.8 Å². The van der Waals surface area contributed by atoms with Gasteiger partial charge in [0.2, 0.25) is 0 Å². The molecule has 1 aromatic heterocycles. The van der Waals surface area contributed by atoms with Crippen LogP contribution in [0.25, 0.3) is 0 Å². The number of hydrogen-bond donors (Lipinski definition) is 0. The van der Waals surface area contributed by atoms with E-state index in [0.717, 1.165) is 11.3 Å². The maximum Gasteiger partial charge on any atom is 0.144 e. The van der Waals surface area contributed by atoms with E-state index in [1.807, 2.05) is 32.9 Å². The van der Waals surface area contributed by atoms with Gasteiger partial charge in [-0.15, -0.1) is 11.3 Å². The third-order valence-electron chi connectivity index (χ3n) is 2.70. The summed E-state index contributed by atoms with van der Waals surface area (Å²) in [6.07, 6.45) is 2.65. The van der Waals surface area contributed by atoms with Gasteiger partial charge < -0.3 is 0 Å². The predicted octanol–water partition coefficient (Wildman–Crippen LogP) is 4.22. The average molecular weight is 305 g/mol. The summed E-state index contributed by atoms with van der Waals surface area (Å²) in [5, 5.41) is 0. The number of nitrogens with zero attached hydrogens (tertiary/aromatic N) is 1. The first-order chi connectivity index (χ1) is 9.45. The van der Waals surface area contributed by atoms with Crippen LogP contribution < -0.4 is 0 Å². The van der Waals surface area contributed by atoms with Gasteiger partial charge in [-0.05, 0) is 38.5 Å². The Kier molecular flexibility index (Phi) is 4.89. The Morgan fingerprint density at radius 1 is 1.15 bits per heavy atom. The first-order valence-electron chi connectivity index (χ1n) is 6.54. The fourth-order valence-electron chi connectivity index (χ4n) is 1.61. The Labute approximate surface area is 127 Å². The minimum absolute atomic E-state index is 0.305. The Balaban J connectivity index is 2.03. The summed E-state index contributed by atoms with van der Waals surface area (Å²) in [5.41, 5.74) is 1.30. The smallest absolute Gasteiger partial charge is 0.144 e. The zero-order valence-corrected chi connectivity index (χ0v) is 13.6. The molecule has 1 heterocycles. The van der Waals surface area contributed by atoms with E-state index < -0.39 is 11.0 Å². The highest BCUT2D eigenvalue weighted by atomic mass is 32.2. The standard InChI is InChI=1S/C16H19NOS2/c1-16(2,3)20(18)17-12-15-10-9-14(19-15)11-13-7-5-4-6-8-13/h4-10,12H,11H2,1-3H3/t20-/m1/s1. The van der Waals surface area contributed by atoms with Crippen LogP contribution in [0, 0.1) is 0 Å². The molecule has 0 aliphatic carbocycles. The van der Waals surface area contributed by atoms with E-state index in [4.69, 9.17) is 0 Å². The molecule has 0 unspecified atom stereocenters. The molecule has 0 bridgehead atoms. The molecule has 106 valence electrons. The molecule has 1 atom stereocenters. The third kappa shape index (κ3) is 4.39. The quantitative estimate of drug-likeness (QED) is 0.778. The van der Waals surface area contributed by atoms with Crippen LogP contribution in [-0.2, 0) is 17.4 Å². The Hall–Kier alpha value is -1.26. The lowest BCUT2D eigenvalue weighted by Gasteiger charge is -2.12. The van der Waals surface area contributed by atoms with Crippen molar-refractivity contribution in [2.45, 2.75) is 31.9 Å². The van der Waals surface area contributed by atoms with Crippen LogP contribution in [0.3, 0.4) is 0 Å². The molecule has 20 heavy (non-hydrogen) atoms. The molecular weight excluding hydrogens is 286 g/mol. The topological polar surface area (TPSA) is 29.4 Å². The molecule has 2 nitrogen and oxygen atoms in total. The van der Waals surface area contributed by atoms with E-state index in [0.29, 0.717) is 0 Å². The molecule has 0 aliphatic rings. The molecule has 0 saturated heterocycles. The molecule has 2 rings (SSSR count). The van der Waals surface area contributed by atoms with Crippen molar-refractivity contribution in [3.63, 3.8) is 0 Å². The lowest BCUT2D eigenvalue weighted by molar-refractivity contribution is 0.651. The summed E-state index contributed by atoms with van der Waals surface area (Å²) in [6.45, 7) is 5.78. The van der Waals surface area contributed by atoms with Gasteiger partial charge in [-0.25, -0.2) is 4.21 Å². The van der Waals surface area contributed by atoms with Gasteiger partial charge in [0, 0.05) is 16.2 Å². The summed E-state index contributed by atoms with van der Waals surface area (Å²) in [7, 11) is -1.19. The second kappa shape index (κ2) is 6.46. The van der Waals surface area contributed by atoms with E-state index in [2.05, 4.69) is 34.7 Å². The largest absolute Gasteiger partial charge is 0.234 e. The van der Waals surface area contributed by atoms with Crippen LogP contribution in [0.2, 0.25) is 0 Å². The van der Waals surface area contributed by atoms with E-state index >= 15 is 0 Å². The lowest BCUT2D eigenvalue weighted by atomic mass is 10.1. The molecule has 4 heteroatoms. The molecule has 0 radical (unpaired) electrons. The summed E-state index contributed by atoms with van der Waals surface area (Å²) >= 11 is 1.70. The second-order valence-corrected chi connectivity index (χ2v) is 8.70. The van der Waals surface area contributed by atoms with Crippen molar-refractivity contribution >= 4 is 28.5 Å². The fourth-order valence-corrected chi connectivity index (χ4v) is 3.13. The van der Waals surface area contributed by atoms with Gasteiger partial charge in [0.1, 0.15) is 11.0 Å². The van der Waals surface area contributed by atoms with Crippen molar-refractivity contribution in [2.75, 3.05) is 0 Å². The average Bonchev–Trinajstić information content (AvgIpc) is 2.83. The zero-order chi connectivity index (χ0) is 14.6. The maximum absolute atomic E-state index is 11.9. The number of benzene rings is 1. The van der Waals surface area contributed by atoms with Crippen molar-refractivity contribution in [1.29, 1.82) is 0 Å². The molecule has 0 amide bonds. The number of thiophene rings is 1. The van der Waals surface area contributed by atoms with Gasteiger partial charge in [-0.2, -0.15) is 4.40 Å². The van der Waals surface area contributed by atoms with Crippen molar-refractivity contribution in [2.24, 2.45) is 4.40 Å². The molecule has 1 aromatic carbocycles. The van der Waals surface area contributed by atoms with Gasteiger partial charge >= 0.3 is 0 Å². The van der Waals surface area contributed by atoms with E-state index in [9.17, 15) is 4.21 Å². The molecule has 0 N–H and O–H groups in total. The monoisotopic (exact) mass is 305 g/mol. The Morgan fingerprint density at radius 3 is 2.50 bits per heavy atom. The number of rotatable bonds is 4. The van der Waals surface area contributed by atoms with Crippen LogP contribution in [0.15, 0.2) is 46.9 Å². The molecule has 2 aromatic rings. The highest BCUT2D eigenvalue weighted by Gasteiger charge is 2.18. The fraction of sp³-hybridized carbons (Fsp3) is 0.312. The van der Waals surface area contributed by atoms with Gasteiger partial charge in [-0.3, -0.25) is 0 Å². The van der Waals surface area contributed by atoms with Crippen molar-refractivity contribution in [3.8, 4) is 0 Å². The van der Waals surface area contributed by atoms with E-state index in [-0.39, 0.29) is 4.75 Å². The van der Waals surface area contributed by atoms with Crippen molar-refractivity contribution in [1.82, 2.24) is 0 Å². The Bertz CT molecular complexity index is 609. The second-order valence-electron chi connectivity index (χ2n) is 5.56. The summed E-state index contributed by atoms with van der Waals surface area (Å²) < 4.78 is 15.7. The van der Waals surface area contributed by atoms with Gasteiger partial charge in [0.25, 0.3) is 0 Å². The maximum atomic E-state index is 11.9. The first-order valence-corrected chi connectivity index (χ1v) is 8.46. The molecular formula is C16H19NOS2. The third-order valence-corrected chi connectivity index (χ3v) is 5.07. The van der Waals surface area contributed by atoms with Gasteiger partial charge in [0.05, 0.1) is 11.0 Å². The van der Waals surface area contributed by atoms with Crippen molar-refractivity contribution < 1.29 is 4.21 Å². The number of hydrogen-bond acceptors (Lipinski definition) is 2. The van der Waals surface area contributed by atoms with Crippen LogP contribution in [-0.4, -0.2) is 15.2 Å².